The Bertz CT molecular complexity index is 211. The van der Waals surface area contributed by atoms with Crippen molar-refractivity contribution in [2.24, 2.45) is 29.6 Å². The zero-order valence-corrected chi connectivity index (χ0v) is 11.3. The summed E-state index contributed by atoms with van der Waals surface area (Å²) in [4.78, 5) is 0. The topological polar surface area (TPSA) is 12.0 Å². The molecule has 0 amide bonds. The molecule has 0 aromatic carbocycles. The van der Waals surface area contributed by atoms with Crippen molar-refractivity contribution in [3.63, 3.8) is 0 Å². The standard InChI is InChI=1S/C15H29N/c1-11(2)15-10-16-8-7-14(15)13-6-4-5-12(3)9-13/h11-16H,4-10H2,1-3H3. The van der Waals surface area contributed by atoms with Crippen LogP contribution in [0.3, 0.4) is 0 Å². The van der Waals surface area contributed by atoms with Gasteiger partial charge < -0.3 is 5.32 Å². The Morgan fingerprint density at radius 2 is 1.94 bits per heavy atom. The zero-order chi connectivity index (χ0) is 11.5. The van der Waals surface area contributed by atoms with E-state index in [-0.39, 0.29) is 0 Å². The molecular weight excluding hydrogens is 194 g/mol. The van der Waals surface area contributed by atoms with Gasteiger partial charge in [-0.05, 0) is 55.5 Å². The van der Waals surface area contributed by atoms with Crippen LogP contribution < -0.4 is 5.32 Å². The molecule has 1 aliphatic carbocycles. The summed E-state index contributed by atoms with van der Waals surface area (Å²) < 4.78 is 0. The molecule has 1 nitrogen and oxygen atoms in total. The van der Waals surface area contributed by atoms with Gasteiger partial charge in [0.25, 0.3) is 0 Å². The normalized spacial score (nSPS) is 41.2. The van der Waals surface area contributed by atoms with Gasteiger partial charge in [-0.1, -0.05) is 40.0 Å². The predicted octanol–water partition coefficient (Wildman–Crippen LogP) is 3.69. The number of nitrogens with one attached hydrogen (secondary N) is 1. The van der Waals surface area contributed by atoms with E-state index in [0.717, 1.165) is 29.6 Å². The van der Waals surface area contributed by atoms with Crippen molar-refractivity contribution >= 4 is 0 Å². The highest BCUT2D eigenvalue weighted by Crippen LogP contribution is 2.41. The van der Waals surface area contributed by atoms with Crippen molar-refractivity contribution < 1.29 is 0 Å². The molecule has 1 saturated heterocycles. The fraction of sp³-hybridized carbons (Fsp3) is 1.00. The summed E-state index contributed by atoms with van der Waals surface area (Å²) in [6.07, 6.45) is 7.42. The van der Waals surface area contributed by atoms with E-state index in [1.807, 2.05) is 0 Å². The highest BCUT2D eigenvalue weighted by atomic mass is 14.9. The minimum Gasteiger partial charge on any atom is -0.316 e. The third-order valence-electron chi connectivity index (χ3n) is 5.02. The Morgan fingerprint density at radius 1 is 1.12 bits per heavy atom. The molecule has 1 heterocycles. The molecule has 2 fully saturated rings. The lowest BCUT2D eigenvalue weighted by Crippen LogP contribution is -2.43. The molecular formula is C15H29N. The minimum absolute atomic E-state index is 0.857. The maximum Gasteiger partial charge on any atom is -0.00153 e. The maximum atomic E-state index is 3.60. The number of hydrogen-bond donors (Lipinski definition) is 1. The second-order valence-corrected chi connectivity index (χ2v) is 6.60. The molecule has 94 valence electrons. The first-order chi connectivity index (χ1) is 7.68. The van der Waals surface area contributed by atoms with E-state index < -0.39 is 0 Å². The third kappa shape index (κ3) is 2.80. The van der Waals surface area contributed by atoms with Gasteiger partial charge in [0.2, 0.25) is 0 Å². The number of hydrogen-bond acceptors (Lipinski definition) is 1. The Balaban J connectivity index is 1.98. The van der Waals surface area contributed by atoms with Crippen LogP contribution in [-0.2, 0) is 0 Å². The molecule has 0 bridgehead atoms. The molecule has 0 aromatic rings. The van der Waals surface area contributed by atoms with E-state index in [1.165, 1.54) is 45.2 Å². The van der Waals surface area contributed by atoms with Crippen molar-refractivity contribution in [3.8, 4) is 0 Å². The Kier molecular flexibility index (Phi) is 4.29. The van der Waals surface area contributed by atoms with Crippen LogP contribution in [0, 0.1) is 29.6 Å². The molecule has 0 radical (unpaired) electrons. The molecule has 1 N–H and O–H groups in total. The van der Waals surface area contributed by atoms with Crippen molar-refractivity contribution in [1.82, 2.24) is 5.32 Å². The van der Waals surface area contributed by atoms with Crippen LogP contribution in [0.4, 0.5) is 0 Å². The van der Waals surface area contributed by atoms with Crippen molar-refractivity contribution in [1.29, 1.82) is 0 Å². The van der Waals surface area contributed by atoms with Gasteiger partial charge in [-0.3, -0.25) is 0 Å². The highest BCUT2D eigenvalue weighted by molar-refractivity contribution is 4.87. The molecule has 4 unspecified atom stereocenters. The first kappa shape index (κ1) is 12.4. The Hall–Kier alpha value is -0.0400. The fourth-order valence-electron chi connectivity index (χ4n) is 4.09. The van der Waals surface area contributed by atoms with Crippen LogP contribution in [0.1, 0.15) is 52.9 Å². The summed E-state index contributed by atoms with van der Waals surface area (Å²) >= 11 is 0. The lowest BCUT2D eigenvalue weighted by molar-refractivity contribution is 0.0933. The Labute approximate surface area is 101 Å². The monoisotopic (exact) mass is 223 g/mol. The fourth-order valence-corrected chi connectivity index (χ4v) is 4.09. The average molecular weight is 223 g/mol. The first-order valence-electron chi connectivity index (χ1n) is 7.39. The Morgan fingerprint density at radius 3 is 2.62 bits per heavy atom. The van der Waals surface area contributed by atoms with Crippen LogP contribution in [0.15, 0.2) is 0 Å². The zero-order valence-electron chi connectivity index (χ0n) is 11.3. The lowest BCUT2D eigenvalue weighted by Gasteiger charge is -2.42. The number of piperidine rings is 1. The van der Waals surface area contributed by atoms with Crippen LogP contribution in [0.25, 0.3) is 0 Å². The summed E-state index contributed by atoms with van der Waals surface area (Å²) in [5, 5.41) is 3.60. The van der Waals surface area contributed by atoms with E-state index in [0.29, 0.717) is 0 Å². The summed E-state index contributed by atoms with van der Waals surface area (Å²) in [7, 11) is 0. The van der Waals surface area contributed by atoms with Gasteiger partial charge >= 0.3 is 0 Å². The molecule has 2 rings (SSSR count). The minimum atomic E-state index is 0.857. The van der Waals surface area contributed by atoms with Gasteiger partial charge in [-0.15, -0.1) is 0 Å². The van der Waals surface area contributed by atoms with Gasteiger partial charge in [0.05, 0.1) is 0 Å². The highest BCUT2D eigenvalue weighted by Gasteiger charge is 2.34. The molecule has 0 aromatic heterocycles. The van der Waals surface area contributed by atoms with Crippen LogP contribution >= 0.6 is 0 Å². The SMILES string of the molecule is CC1CCCC(C2CCNCC2C(C)C)C1. The summed E-state index contributed by atoms with van der Waals surface area (Å²) in [5.74, 6) is 4.84. The largest absolute Gasteiger partial charge is 0.316 e. The van der Waals surface area contributed by atoms with Crippen molar-refractivity contribution in [2.45, 2.75) is 52.9 Å². The van der Waals surface area contributed by atoms with Crippen LogP contribution in [-0.4, -0.2) is 13.1 Å². The average Bonchev–Trinajstić information content (AvgIpc) is 2.29. The molecule has 1 aliphatic heterocycles. The quantitative estimate of drug-likeness (QED) is 0.753. The van der Waals surface area contributed by atoms with Gasteiger partial charge in [0.1, 0.15) is 0 Å². The van der Waals surface area contributed by atoms with E-state index in [9.17, 15) is 0 Å². The van der Waals surface area contributed by atoms with E-state index in [2.05, 4.69) is 26.1 Å². The first-order valence-corrected chi connectivity index (χ1v) is 7.39. The molecule has 2 aliphatic rings. The van der Waals surface area contributed by atoms with Gasteiger partial charge in [-0.2, -0.15) is 0 Å². The van der Waals surface area contributed by atoms with Crippen LogP contribution in [0.2, 0.25) is 0 Å². The molecule has 1 saturated carbocycles. The van der Waals surface area contributed by atoms with Crippen molar-refractivity contribution in [3.05, 3.63) is 0 Å². The molecule has 4 atom stereocenters. The summed E-state index contributed by atoms with van der Waals surface area (Å²) in [6.45, 7) is 9.82. The lowest BCUT2D eigenvalue weighted by atomic mass is 9.66. The third-order valence-corrected chi connectivity index (χ3v) is 5.02. The van der Waals surface area contributed by atoms with Crippen molar-refractivity contribution in [2.75, 3.05) is 13.1 Å². The molecule has 1 heteroatoms. The smallest absolute Gasteiger partial charge is 0.00153 e. The second-order valence-electron chi connectivity index (χ2n) is 6.60. The maximum absolute atomic E-state index is 3.60. The van der Waals surface area contributed by atoms with Gasteiger partial charge in [0, 0.05) is 0 Å². The van der Waals surface area contributed by atoms with Gasteiger partial charge in [0.15, 0.2) is 0 Å². The van der Waals surface area contributed by atoms with E-state index >= 15 is 0 Å². The van der Waals surface area contributed by atoms with Gasteiger partial charge in [-0.25, -0.2) is 0 Å². The molecule has 16 heavy (non-hydrogen) atoms. The number of rotatable bonds is 2. The second kappa shape index (κ2) is 5.53. The molecule has 0 spiro atoms. The van der Waals surface area contributed by atoms with E-state index in [4.69, 9.17) is 0 Å². The summed E-state index contributed by atoms with van der Waals surface area (Å²) in [6, 6.07) is 0. The predicted molar refractivity (Wildman–Crippen MR) is 70.4 cm³/mol. The summed E-state index contributed by atoms with van der Waals surface area (Å²) in [5.41, 5.74) is 0. The van der Waals surface area contributed by atoms with E-state index in [1.54, 1.807) is 0 Å². The van der Waals surface area contributed by atoms with Crippen LogP contribution in [0.5, 0.6) is 0 Å².